The fourth-order valence-corrected chi connectivity index (χ4v) is 5.05. The molecule has 0 unspecified atom stereocenters. The van der Waals surface area contributed by atoms with Crippen LogP contribution in [0.4, 0.5) is 0 Å². The Hall–Kier alpha value is -2.59. The lowest BCUT2D eigenvalue weighted by atomic mass is 9.72. The summed E-state index contributed by atoms with van der Waals surface area (Å²) in [7, 11) is 0. The van der Waals surface area contributed by atoms with Gasteiger partial charge in [0, 0.05) is 11.5 Å². The van der Waals surface area contributed by atoms with Gasteiger partial charge in [-0.25, -0.2) is 4.79 Å². The summed E-state index contributed by atoms with van der Waals surface area (Å²) >= 11 is 0. The molecule has 0 aromatic heterocycles. The van der Waals surface area contributed by atoms with Crippen LogP contribution in [0.25, 0.3) is 11.1 Å². The number of aromatic carboxylic acids is 1. The van der Waals surface area contributed by atoms with Crippen molar-refractivity contribution < 1.29 is 19.4 Å². The number of hydrogen-bond acceptors (Lipinski definition) is 3. The second-order valence-electron chi connectivity index (χ2n) is 9.39. The largest absolute Gasteiger partial charge is 0.487 e. The highest BCUT2D eigenvalue weighted by Gasteiger charge is 2.49. The monoisotopic (exact) mass is 420 g/mol. The highest BCUT2D eigenvalue weighted by molar-refractivity contribution is 5.96. The van der Waals surface area contributed by atoms with Crippen molar-refractivity contribution in [1.82, 2.24) is 0 Å². The molecule has 2 aromatic carbocycles. The summed E-state index contributed by atoms with van der Waals surface area (Å²) in [5, 5.41) is 9.62. The molecule has 1 fully saturated rings. The van der Waals surface area contributed by atoms with E-state index in [4.69, 9.17) is 9.47 Å². The van der Waals surface area contributed by atoms with Crippen LogP contribution in [-0.2, 0) is 4.74 Å². The van der Waals surface area contributed by atoms with Gasteiger partial charge in [0.05, 0.1) is 17.8 Å². The van der Waals surface area contributed by atoms with Gasteiger partial charge in [-0.1, -0.05) is 42.0 Å². The van der Waals surface area contributed by atoms with E-state index in [0.29, 0.717) is 17.0 Å². The molecule has 1 saturated heterocycles. The van der Waals surface area contributed by atoms with E-state index >= 15 is 0 Å². The van der Waals surface area contributed by atoms with E-state index in [9.17, 15) is 9.90 Å². The molecular weight excluding hydrogens is 388 g/mol. The summed E-state index contributed by atoms with van der Waals surface area (Å²) in [5.41, 5.74) is 3.92. The third-order valence-electron chi connectivity index (χ3n) is 6.74. The Bertz CT molecular complexity index is 1000. The molecule has 4 atom stereocenters. The molecule has 0 bridgehead atoms. The topological polar surface area (TPSA) is 55.8 Å². The van der Waals surface area contributed by atoms with E-state index in [-0.39, 0.29) is 17.8 Å². The zero-order chi connectivity index (χ0) is 22.2. The van der Waals surface area contributed by atoms with Gasteiger partial charge in [-0.05, 0) is 76.6 Å². The van der Waals surface area contributed by atoms with Crippen LogP contribution in [0.5, 0.6) is 5.75 Å². The van der Waals surface area contributed by atoms with Crippen LogP contribution >= 0.6 is 0 Å². The van der Waals surface area contributed by atoms with Gasteiger partial charge in [-0.3, -0.25) is 0 Å². The predicted octanol–water partition coefficient (Wildman–Crippen LogP) is 6.81. The van der Waals surface area contributed by atoms with Crippen molar-refractivity contribution in [3.63, 3.8) is 0 Å². The van der Waals surface area contributed by atoms with E-state index in [0.717, 1.165) is 42.6 Å². The Kier molecular flexibility index (Phi) is 5.94. The van der Waals surface area contributed by atoms with Crippen LogP contribution < -0.4 is 4.74 Å². The van der Waals surface area contributed by atoms with Gasteiger partial charge in [0.2, 0.25) is 0 Å². The SMILES string of the molecule is CC(C)=CCC[C@@]1(C)Oc2cc(-c3ccccc3C(=O)O)ccc2[C@@H]2O[C@H](C)CC[C@H]21. The molecule has 164 valence electrons. The zero-order valence-corrected chi connectivity index (χ0v) is 18.9. The molecule has 0 radical (unpaired) electrons. The summed E-state index contributed by atoms with van der Waals surface area (Å²) in [6.45, 7) is 8.60. The minimum Gasteiger partial charge on any atom is -0.487 e. The van der Waals surface area contributed by atoms with Gasteiger partial charge < -0.3 is 14.6 Å². The van der Waals surface area contributed by atoms with E-state index in [1.807, 2.05) is 24.3 Å². The number of ether oxygens (including phenoxy) is 2. The van der Waals surface area contributed by atoms with Crippen LogP contribution in [0.3, 0.4) is 0 Å². The second-order valence-corrected chi connectivity index (χ2v) is 9.39. The van der Waals surface area contributed by atoms with Crippen molar-refractivity contribution in [2.24, 2.45) is 5.92 Å². The normalized spacial score (nSPS) is 26.9. The van der Waals surface area contributed by atoms with Gasteiger partial charge in [0.25, 0.3) is 0 Å². The number of rotatable bonds is 5. The maximum absolute atomic E-state index is 11.7. The third kappa shape index (κ3) is 4.27. The molecule has 0 amide bonds. The van der Waals surface area contributed by atoms with Crippen LogP contribution in [0.2, 0.25) is 0 Å². The molecule has 0 spiro atoms. The van der Waals surface area contributed by atoms with Crippen molar-refractivity contribution in [3.8, 4) is 16.9 Å². The number of benzene rings is 2. The standard InChI is InChI=1S/C27H32O4/c1-17(2)8-7-15-27(4)23-14-11-18(3)30-25(23)22-13-12-19(16-24(22)31-27)20-9-5-6-10-21(20)26(28)29/h5-6,8-10,12-13,16,18,23,25H,7,11,14-15H2,1-4H3,(H,28,29)/t18-,23-,25+,27-/m1/s1. The molecule has 4 heteroatoms. The number of allylic oxidation sites excluding steroid dienone is 2. The highest BCUT2D eigenvalue weighted by Crippen LogP contribution is 2.52. The van der Waals surface area contributed by atoms with Gasteiger partial charge >= 0.3 is 5.97 Å². The number of carboxylic acids is 1. The van der Waals surface area contributed by atoms with E-state index in [2.05, 4.69) is 39.8 Å². The quantitative estimate of drug-likeness (QED) is 0.540. The fourth-order valence-electron chi connectivity index (χ4n) is 5.05. The van der Waals surface area contributed by atoms with Crippen molar-refractivity contribution in [1.29, 1.82) is 0 Å². The van der Waals surface area contributed by atoms with Crippen molar-refractivity contribution in [2.45, 2.75) is 71.2 Å². The molecule has 1 N–H and O–H groups in total. The number of fused-ring (bicyclic) bond motifs is 3. The zero-order valence-electron chi connectivity index (χ0n) is 18.9. The summed E-state index contributed by atoms with van der Waals surface area (Å²) in [6.07, 6.45) is 6.52. The number of hydrogen-bond donors (Lipinski definition) is 1. The van der Waals surface area contributed by atoms with Crippen LogP contribution in [-0.4, -0.2) is 22.8 Å². The number of carboxylic acid groups (broad SMARTS) is 1. The molecule has 4 rings (SSSR count). The first-order valence-corrected chi connectivity index (χ1v) is 11.2. The van der Waals surface area contributed by atoms with Gasteiger partial charge in [-0.2, -0.15) is 0 Å². The number of carbonyl (C=O) groups is 1. The lowest BCUT2D eigenvalue weighted by Gasteiger charge is -2.50. The minimum atomic E-state index is -0.926. The molecule has 0 aliphatic carbocycles. The van der Waals surface area contributed by atoms with Crippen LogP contribution in [0, 0.1) is 5.92 Å². The molecule has 2 heterocycles. The Balaban J connectivity index is 1.75. The molecule has 2 aliphatic rings. The maximum Gasteiger partial charge on any atom is 0.336 e. The van der Waals surface area contributed by atoms with E-state index < -0.39 is 5.97 Å². The van der Waals surface area contributed by atoms with Crippen molar-refractivity contribution in [3.05, 3.63) is 65.2 Å². The summed E-state index contributed by atoms with van der Waals surface area (Å²) in [5.74, 6) is 0.192. The average molecular weight is 421 g/mol. The average Bonchev–Trinajstić information content (AvgIpc) is 2.73. The fraction of sp³-hybridized carbons (Fsp3) is 0.444. The maximum atomic E-state index is 11.7. The van der Waals surface area contributed by atoms with Crippen LogP contribution in [0.1, 0.15) is 75.4 Å². The van der Waals surface area contributed by atoms with Gasteiger partial charge in [-0.15, -0.1) is 0 Å². The predicted molar refractivity (Wildman–Crippen MR) is 123 cm³/mol. The first kappa shape index (κ1) is 21.6. The molecule has 31 heavy (non-hydrogen) atoms. The first-order valence-electron chi connectivity index (χ1n) is 11.2. The highest BCUT2D eigenvalue weighted by atomic mass is 16.5. The molecular formula is C27H32O4. The van der Waals surface area contributed by atoms with Crippen molar-refractivity contribution in [2.75, 3.05) is 0 Å². The van der Waals surface area contributed by atoms with Gasteiger partial charge in [0.15, 0.2) is 0 Å². The minimum absolute atomic E-state index is 0.00738. The Morgan fingerprint density at radius 2 is 1.97 bits per heavy atom. The van der Waals surface area contributed by atoms with E-state index in [1.54, 1.807) is 12.1 Å². The summed E-state index contributed by atoms with van der Waals surface area (Å²) < 4.78 is 13.2. The van der Waals surface area contributed by atoms with Gasteiger partial charge in [0.1, 0.15) is 11.4 Å². The summed E-state index contributed by atoms with van der Waals surface area (Å²) in [6, 6.07) is 13.2. The second kappa shape index (κ2) is 8.51. The Morgan fingerprint density at radius 1 is 1.19 bits per heavy atom. The third-order valence-corrected chi connectivity index (χ3v) is 6.74. The lowest BCUT2D eigenvalue weighted by Crippen LogP contribution is -2.50. The smallest absolute Gasteiger partial charge is 0.336 e. The van der Waals surface area contributed by atoms with E-state index in [1.165, 1.54) is 5.57 Å². The molecule has 4 nitrogen and oxygen atoms in total. The summed E-state index contributed by atoms with van der Waals surface area (Å²) in [4.78, 5) is 11.7. The molecule has 0 saturated carbocycles. The molecule has 2 aromatic rings. The Labute approximate surface area is 184 Å². The molecule has 2 aliphatic heterocycles. The Morgan fingerprint density at radius 3 is 2.71 bits per heavy atom. The first-order chi connectivity index (χ1) is 14.8. The lowest BCUT2D eigenvalue weighted by molar-refractivity contribution is -0.151. The van der Waals surface area contributed by atoms with Crippen LogP contribution in [0.15, 0.2) is 54.1 Å². The van der Waals surface area contributed by atoms with Crippen molar-refractivity contribution >= 4 is 5.97 Å².